The van der Waals surface area contributed by atoms with Gasteiger partial charge in [0.25, 0.3) is 0 Å². The first-order valence-corrected chi connectivity index (χ1v) is 3.31. The maximum absolute atomic E-state index is 12.1. The quantitative estimate of drug-likeness (QED) is 0.706. The molecule has 0 radical (unpaired) electrons. The molecule has 0 aliphatic carbocycles. The molecule has 0 atom stereocenters. The molecular weight excluding hydrogens is 187 g/mol. The van der Waals surface area contributed by atoms with Crippen LogP contribution >= 0.6 is 0 Å². The second-order valence-corrected chi connectivity index (χ2v) is 2.31. The van der Waals surface area contributed by atoms with Crippen molar-refractivity contribution in [2.75, 3.05) is 0 Å². The fourth-order valence-corrected chi connectivity index (χ4v) is 0.842. The number of aliphatic hydroxyl groups excluding tert-OH is 1. The van der Waals surface area contributed by atoms with E-state index >= 15 is 0 Å². The van der Waals surface area contributed by atoms with Crippen LogP contribution in [-0.2, 0) is 12.8 Å². The summed E-state index contributed by atoms with van der Waals surface area (Å²) < 4.78 is 36.3. The van der Waals surface area contributed by atoms with E-state index < -0.39 is 24.1 Å². The highest BCUT2D eigenvalue weighted by Crippen LogP contribution is 2.36. The number of nitrogens with zero attached hydrogens (tertiary/aromatic N) is 1. The molecule has 0 aliphatic heterocycles. The van der Waals surface area contributed by atoms with Gasteiger partial charge in [0.2, 0.25) is 0 Å². The first-order valence-electron chi connectivity index (χ1n) is 3.31. The monoisotopic (exact) mass is 193 g/mol. The summed E-state index contributed by atoms with van der Waals surface area (Å²) >= 11 is 0. The summed E-state index contributed by atoms with van der Waals surface area (Å²) in [5, 5.41) is 17.5. The van der Waals surface area contributed by atoms with Crippen LogP contribution < -0.4 is 0 Å². The number of halogens is 3. The Balaban J connectivity index is 3.24. The highest BCUT2D eigenvalue weighted by molar-refractivity contribution is 5.37. The molecule has 0 spiro atoms. The summed E-state index contributed by atoms with van der Waals surface area (Å²) in [6.07, 6.45) is -3.74. The third kappa shape index (κ3) is 1.89. The lowest BCUT2D eigenvalue weighted by Crippen LogP contribution is -2.07. The van der Waals surface area contributed by atoms with E-state index in [1.54, 1.807) is 0 Å². The van der Waals surface area contributed by atoms with Gasteiger partial charge in [0.15, 0.2) is 5.75 Å². The van der Waals surface area contributed by atoms with Gasteiger partial charge in [-0.2, -0.15) is 13.2 Å². The molecule has 0 aromatic carbocycles. The molecule has 1 aromatic rings. The molecule has 1 aromatic heterocycles. The average Bonchev–Trinajstić information content (AvgIpc) is 2.02. The Labute approximate surface area is 71.5 Å². The topological polar surface area (TPSA) is 53.4 Å². The summed E-state index contributed by atoms with van der Waals surface area (Å²) in [6.45, 7) is -0.726. The molecule has 1 heterocycles. The lowest BCUT2D eigenvalue weighted by molar-refractivity contribution is -0.138. The van der Waals surface area contributed by atoms with Gasteiger partial charge in [-0.25, -0.2) is 0 Å². The van der Waals surface area contributed by atoms with Crippen LogP contribution in [0.25, 0.3) is 0 Å². The highest BCUT2D eigenvalue weighted by Gasteiger charge is 2.34. The van der Waals surface area contributed by atoms with Crippen LogP contribution in [-0.4, -0.2) is 15.2 Å². The predicted molar refractivity (Wildman–Crippen MR) is 36.8 cm³/mol. The van der Waals surface area contributed by atoms with E-state index in [0.29, 0.717) is 6.07 Å². The molecule has 2 N–H and O–H groups in total. The third-order valence-corrected chi connectivity index (χ3v) is 1.46. The molecule has 0 fully saturated rings. The Morgan fingerprint density at radius 3 is 2.46 bits per heavy atom. The molecule has 1 rings (SSSR count). The molecule has 0 amide bonds. The zero-order valence-corrected chi connectivity index (χ0v) is 6.34. The van der Waals surface area contributed by atoms with E-state index in [1.165, 1.54) is 0 Å². The number of alkyl halides is 3. The molecule has 0 aliphatic rings. The number of hydrogen-bond donors (Lipinski definition) is 2. The van der Waals surface area contributed by atoms with E-state index in [-0.39, 0.29) is 5.69 Å². The Morgan fingerprint density at radius 2 is 2.00 bits per heavy atom. The maximum atomic E-state index is 12.1. The normalized spacial score (nSPS) is 11.7. The van der Waals surface area contributed by atoms with Crippen molar-refractivity contribution < 1.29 is 23.4 Å². The van der Waals surface area contributed by atoms with Crippen molar-refractivity contribution in [3.8, 4) is 5.75 Å². The summed E-state index contributed by atoms with van der Waals surface area (Å²) in [4.78, 5) is 3.37. The number of hydrogen-bond acceptors (Lipinski definition) is 3. The maximum Gasteiger partial charge on any atom is 0.420 e. The minimum Gasteiger partial charge on any atom is -0.505 e. The van der Waals surface area contributed by atoms with Crippen LogP contribution in [0.4, 0.5) is 13.2 Å². The van der Waals surface area contributed by atoms with Crippen molar-refractivity contribution in [3.05, 3.63) is 23.5 Å². The molecular formula is C7H6F3NO2. The zero-order valence-electron chi connectivity index (χ0n) is 6.34. The van der Waals surface area contributed by atoms with E-state index in [0.717, 1.165) is 6.20 Å². The van der Waals surface area contributed by atoms with Gasteiger partial charge in [-0.05, 0) is 6.07 Å². The van der Waals surface area contributed by atoms with Gasteiger partial charge in [-0.15, -0.1) is 0 Å². The number of aromatic hydroxyl groups is 1. The van der Waals surface area contributed by atoms with Gasteiger partial charge in [-0.1, -0.05) is 0 Å². The fourth-order valence-electron chi connectivity index (χ4n) is 0.842. The van der Waals surface area contributed by atoms with E-state index in [1.807, 2.05) is 0 Å². The van der Waals surface area contributed by atoms with Crippen LogP contribution in [0.5, 0.6) is 5.75 Å². The first kappa shape index (κ1) is 9.79. The zero-order chi connectivity index (χ0) is 10.1. The number of aliphatic hydroxyl groups is 1. The van der Waals surface area contributed by atoms with E-state index in [9.17, 15) is 13.2 Å². The van der Waals surface area contributed by atoms with Crippen molar-refractivity contribution >= 4 is 0 Å². The minimum absolute atomic E-state index is 0.380. The van der Waals surface area contributed by atoms with Crippen molar-refractivity contribution in [2.45, 2.75) is 12.8 Å². The van der Waals surface area contributed by atoms with Crippen LogP contribution in [0.15, 0.2) is 12.3 Å². The van der Waals surface area contributed by atoms with Gasteiger partial charge in [0.1, 0.15) is 11.3 Å². The number of aromatic nitrogens is 1. The molecule has 6 heteroatoms. The standard InChI is InChI=1S/C7H6F3NO2/c8-7(9,10)4-1-2-11-5(3-12)6(4)13/h1-2,12-13H,3H2. The van der Waals surface area contributed by atoms with Gasteiger partial charge in [0.05, 0.1) is 6.61 Å². The number of rotatable bonds is 1. The molecule has 0 bridgehead atoms. The van der Waals surface area contributed by atoms with Crippen LogP contribution in [0.1, 0.15) is 11.3 Å². The molecule has 0 unspecified atom stereocenters. The van der Waals surface area contributed by atoms with Gasteiger partial charge >= 0.3 is 6.18 Å². The molecule has 0 saturated carbocycles. The number of pyridine rings is 1. The Kier molecular flexibility index (Phi) is 2.42. The molecule has 72 valence electrons. The van der Waals surface area contributed by atoms with Gasteiger partial charge in [0, 0.05) is 6.20 Å². The van der Waals surface area contributed by atoms with E-state index in [4.69, 9.17) is 10.2 Å². The lowest BCUT2D eigenvalue weighted by atomic mass is 10.2. The largest absolute Gasteiger partial charge is 0.505 e. The van der Waals surface area contributed by atoms with Crippen LogP contribution in [0, 0.1) is 0 Å². The lowest BCUT2D eigenvalue weighted by Gasteiger charge is -2.09. The molecule has 13 heavy (non-hydrogen) atoms. The summed E-state index contributed by atoms with van der Waals surface area (Å²) in [7, 11) is 0. The predicted octanol–water partition coefficient (Wildman–Crippen LogP) is 1.30. The third-order valence-electron chi connectivity index (χ3n) is 1.46. The summed E-state index contributed by atoms with van der Waals surface area (Å²) in [6, 6.07) is 0.647. The van der Waals surface area contributed by atoms with Gasteiger partial charge < -0.3 is 10.2 Å². The van der Waals surface area contributed by atoms with Crippen molar-refractivity contribution in [1.82, 2.24) is 4.98 Å². The SMILES string of the molecule is OCc1nccc(C(F)(F)F)c1O. The Hall–Kier alpha value is -1.30. The Bertz CT molecular complexity index is 311. The summed E-state index contributed by atoms with van der Waals surface area (Å²) in [5.41, 5.74) is -1.57. The Morgan fingerprint density at radius 1 is 1.38 bits per heavy atom. The van der Waals surface area contributed by atoms with Crippen molar-refractivity contribution in [2.24, 2.45) is 0 Å². The second-order valence-electron chi connectivity index (χ2n) is 2.31. The average molecular weight is 193 g/mol. The summed E-state index contributed by atoms with van der Waals surface area (Å²) in [5.74, 6) is -1.02. The van der Waals surface area contributed by atoms with Crippen molar-refractivity contribution in [3.63, 3.8) is 0 Å². The minimum atomic E-state index is -4.63. The molecule has 3 nitrogen and oxygen atoms in total. The van der Waals surface area contributed by atoms with Gasteiger partial charge in [-0.3, -0.25) is 4.98 Å². The smallest absolute Gasteiger partial charge is 0.420 e. The van der Waals surface area contributed by atoms with Crippen molar-refractivity contribution in [1.29, 1.82) is 0 Å². The first-order chi connectivity index (χ1) is 5.96. The van der Waals surface area contributed by atoms with E-state index in [2.05, 4.69) is 4.98 Å². The molecule has 0 saturated heterocycles. The second kappa shape index (κ2) is 3.21. The van der Waals surface area contributed by atoms with Crippen LogP contribution in [0.2, 0.25) is 0 Å². The highest BCUT2D eigenvalue weighted by atomic mass is 19.4. The van der Waals surface area contributed by atoms with Crippen LogP contribution in [0.3, 0.4) is 0 Å². The fraction of sp³-hybridized carbons (Fsp3) is 0.286.